The Morgan fingerprint density at radius 3 is 2.61 bits per heavy atom. The van der Waals surface area contributed by atoms with Crippen molar-refractivity contribution < 1.29 is 28.9 Å². The highest BCUT2D eigenvalue weighted by Crippen LogP contribution is 2.23. The normalized spacial score (nSPS) is 16.9. The number of carboxylic acids is 1. The molecule has 1 aliphatic rings. The number of rotatable bonds is 6. The summed E-state index contributed by atoms with van der Waals surface area (Å²) in [6.45, 7) is 0.751. The Morgan fingerprint density at radius 2 is 2.00 bits per heavy atom. The molecule has 7 heteroatoms. The molecule has 6 nitrogen and oxygen atoms in total. The van der Waals surface area contributed by atoms with Gasteiger partial charge in [-0.3, -0.25) is 4.79 Å². The zero-order valence-electron chi connectivity index (χ0n) is 12.7. The highest BCUT2D eigenvalue weighted by atomic mass is 19.1. The molecule has 126 valence electrons. The summed E-state index contributed by atoms with van der Waals surface area (Å²) in [5.74, 6) is -1.30. The number of aliphatic carboxylic acids is 1. The predicted molar refractivity (Wildman–Crippen MR) is 79.5 cm³/mol. The van der Waals surface area contributed by atoms with Crippen molar-refractivity contribution in [1.82, 2.24) is 4.90 Å². The predicted octanol–water partition coefficient (Wildman–Crippen LogP) is 1.42. The van der Waals surface area contributed by atoms with E-state index in [-0.39, 0.29) is 44.1 Å². The van der Waals surface area contributed by atoms with Crippen LogP contribution < -0.4 is 4.74 Å². The van der Waals surface area contributed by atoms with Crippen LogP contribution >= 0.6 is 0 Å². The number of hydrogen-bond donors (Lipinski definition) is 2. The first-order valence-corrected chi connectivity index (χ1v) is 7.53. The van der Waals surface area contributed by atoms with E-state index in [1.54, 1.807) is 17.0 Å². The largest absolute Gasteiger partial charge is 0.493 e. The summed E-state index contributed by atoms with van der Waals surface area (Å²) in [5.41, 5.74) is -1.72. The smallest absolute Gasteiger partial charge is 0.335 e. The van der Waals surface area contributed by atoms with Crippen molar-refractivity contribution in [3.05, 3.63) is 30.1 Å². The van der Waals surface area contributed by atoms with Crippen molar-refractivity contribution in [2.45, 2.75) is 31.3 Å². The van der Waals surface area contributed by atoms with E-state index in [0.717, 1.165) is 0 Å². The number of nitrogens with zero attached hydrogens (tertiary/aromatic N) is 1. The molecule has 0 bridgehead atoms. The molecule has 0 saturated carbocycles. The topological polar surface area (TPSA) is 87.1 Å². The zero-order chi connectivity index (χ0) is 16.9. The number of benzene rings is 1. The maximum absolute atomic E-state index is 13.0. The van der Waals surface area contributed by atoms with Gasteiger partial charge in [-0.25, -0.2) is 9.18 Å². The van der Waals surface area contributed by atoms with Gasteiger partial charge in [0, 0.05) is 38.4 Å². The van der Waals surface area contributed by atoms with Crippen molar-refractivity contribution in [2.24, 2.45) is 0 Å². The van der Waals surface area contributed by atoms with Crippen LogP contribution in [0.2, 0.25) is 0 Å². The number of aliphatic hydroxyl groups is 1. The van der Waals surface area contributed by atoms with Crippen molar-refractivity contribution in [2.75, 3.05) is 19.7 Å². The molecule has 1 fully saturated rings. The number of piperidine rings is 1. The van der Waals surface area contributed by atoms with Gasteiger partial charge in [0.05, 0.1) is 6.61 Å². The summed E-state index contributed by atoms with van der Waals surface area (Å²) in [6, 6.07) is 5.79. The van der Waals surface area contributed by atoms with Gasteiger partial charge in [-0.05, 0) is 18.6 Å². The van der Waals surface area contributed by atoms with Crippen LogP contribution in [0.1, 0.15) is 25.7 Å². The van der Waals surface area contributed by atoms with Crippen LogP contribution in [-0.2, 0) is 9.59 Å². The van der Waals surface area contributed by atoms with Gasteiger partial charge >= 0.3 is 5.97 Å². The van der Waals surface area contributed by atoms with E-state index in [4.69, 9.17) is 9.84 Å². The third-order valence-electron chi connectivity index (χ3n) is 3.94. The highest BCUT2D eigenvalue weighted by Gasteiger charge is 2.40. The monoisotopic (exact) mass is 325 g/mol. The quantitative estimate of drug-likeness (QED) is 0.773. The lowest BCUT2D eigenvalue weighted by atomic mass is 9.91. The molecule has 1 heterocycles. The molecule has 1 amide bonds. The molecule has 0 aliphatic carbocycles. The van der Waals surface area contributed by atoms with Gasteiger partial charge in [-0.15, -0.1) is 0 Å². The first kappa shape index (κ1) is 17.2. The van der Waals surface area contributed by atoms with Crippen LogP contribution in [-0.4, -0.2) is 52.3 Å². The molecule has 2 rings (SSSR count). The Bertz CT molecular complexity index is 569. The van der Waals surface area contributed by atoms with Crippen LogP contribution in [0.5, 0.6) is 5.75 Å². The second-order valence-corrected chi connectivity index (χ2v) is 5.63. The maximum atomic E-state index is 13.0. The van der Waals surface area contributed by atoms with Crippen LogP contribution in [0.15, 0.2) is 24.3 Å². The van der Waals surface area contributed by atoms with Crippen LogP contribution in [0, 0.1) is 5.82 Å². The Hall–Kier alpha value is -2.15. The minimum atomic E-state index is -1.72. The fourth-order valence-electron chi connectivity index (χ4n) is 2.47. The first-order chi connectivity index (χ1) is 10.9. The van der Waals surface area contributed by atoms with Gasteiger partial charge in [0.15, 0.2) is 5.60 Å². The molecule has 1 aromatic rings. The van der Waals surface area contributed by atoms with Gasteiger partial charge in [0.25, 0.3) is 0 Å². The minimum Gasteiger partial charge on any atom is -0.493 e. The second kappa shape index (κ2) is 7.41. The van der Waals surface area contributed by atoms with Crippen molar-refractivity contribution >= 4 is 11.9 Å². The third-order valence-corrected chi connectivity index (χ3v) is 3.94. The Balaban J connectivity index is 1.69. The molecule has 0 spiro atoms. The molecule has 2 N–H and O–H groups in total. The number of ether oxygens (including phenoxy) is 1. The van der Waals surface area contributed by atoms with Crippen LogP contribution in [0.4, 0.5) is 4.39 Å². The standard InChI is InChI=1S/C16H20FNO5/c17-12-3-1-4-13(11-12)23-10-2-5-14(19)18-8-6-16(22,7-9-18)15(20)21/h1,3-4,11,22H,2,5-10H2,(H,20,21). The summed E-state index contributed by atoms with van der Waals surface area (Å²) in [4.78, 5) is 24.5. The van der Waals surface area contributed by atoms with E-state index in [1.165, 1.54) is 12.1 Å². The summed E-state index contributed by atoms with van der Waals surface area (Å²) >= 11 is 0. The Kier molecular flexibility index (Phi) is 5.54. The van der Waals surface area contributed by atoms with Gasteiger partial charge in [0.1, 0.15) is 11.6 Å². The van der Waals surface area contributed by atoms with E-state index >= 15 is 0 Å². The van der Waals surface area contributed by atoms with E-state index < -0.39 is 11.6 Å². The summed E-state index contributed by atoms with van der Waals surface area (Å²) < 4.78 is 18.3. The van der Waals surface area contributed by atoms with Crippen LogP contribution in [0.3, 0.4) is 0 Å². The average molecular weight is 325 g/mol. The first-order valence-electron chi connectivity index (χ1n) is 7.53. The van der Waals surface area contributed by atoms with Crippen molar-refractivity contribution in [3.63, 3.8) is 0 Å². The van der Waals surface area contributed by atoms with E-state index in [0.29, 0.717) is 18.8 Å². The number of amides is 1. The lowest BCUT2D eigenvalue weighted by molar-refractivity contribution is -0.165. The van der Waals surface area contributed by atoms with E-state index in [9.17, 15) is 19.1 Å². The fraction of sp³-hybridized carbons (Fsp3) is 0.500. The fourth-order valence-corrected chi connectivity index (χ4v) is 2.47. The SMILES string of the molecule is O=C(CCCOc1cccc(F)c1)N1CCC(O)(C(=O)O)CC1. The maximum Gasteiger partial charge on any atom is 0.335 e. The van der Waals surface area contributed by atoms with Gasteiger partial charge in [-0.1, -0.05) is 6.07 Å². The van der Waals surface area contributed by atoms with Crippen LogP contribution in [0.25, 0.3) is 0 Å². The second-order valence-electron chi connectivity index (χ2n) is 5.63. The highest BCUT2D eigenvalue weighted by molar-refractivity contribution is 5.79. The summed E-state index contributed by atoms with van der Waals surface area (Å²) in [6.07, 6.45) is 0.817. The number of carboxylic acid groups (broad SMARTS) is 1. The summed E-state index contributed by atoms with van der Waals surface area (Å²) in [5, 5.41) is 18.7. The molecular weight excluding hydrogens is 305 g/mol. The van der Waals surface area contributed by atoms with E-state index in [1.807, 2.05) is 0 Å². The molecule has 0 radical (unpaired) electrons. The van der Waals surface area contributed by atoms with Gasteiger partial charge < -0.3 is 19.8 Å². The number of likely N-dealkylation sites (tertiary alicyclic amines) is 1. The molecule has 1 aromatic carbocycles. The number of halogens is 1. The molecule has 23 heavy (non-hydrogen) atoms. The minimum absolute atomic E-state index is 0.0356. The molecule has 0 unspecified atom stereocenters. The number of carbonyl (C=O) groups is 2. The average Bonchev–Trinajstić information content (AvgIpc) is 2.52. The molecule has 1 saturated heterocycles. The third kappa shape index (κ3) is 4.66. The van der Waals surface area contributed by atoms with Crippen molar-refractivity contribution in [3.8, 4) is 5.75 Å². The Morgan fingerprint density at radius 1 is 1.30 bits per heavy atom. The molecule has 1 aliphatic heterocycles. The zero-order valence-corrected chi connectivity index (χ0v) is 12.7. The Labute approximate surface area is 133 Å². The van der Waals surface area contributed by atoms with Gasteiger partial charge in [0.2, 0.25) is 5.91 Å². The molecule has 0 aromatic heterocycles. The van der Waals surface area contributed by atoms with Gasteiger partial charge in [-0.2, -0.15) is 0 Å². The lowest BCUT2D eigenvalue weighted by Crippen LogP contribution is -2.50. The number of carbonyl (C=O) groups excluding carboxylic acids is 1. The lowest BCUT2D eigenvalue weighted by Gasteiger charge is -2.35. The number of hydrogen-bond acceptors (Lipinski definition) is 4. The molecule has 0 atom stereocenters. The van der Waals surface area contributed by atoms with Crippen molar-refractivity contribution in [1.29, 1.82) is 0 Å². The summed E-state index contributed by atoms with van der Waals surface area (Å²) in [7, 11) is 0. The molecular formula is C16H20FNO5. The van der Waals surface area contributed by atoms with E-state index in [2.05, 4.69) is 0 Å².